The molecule has 2 aliphatic heterocycles. The van der Waals surface area contributed by atoms with Crippen molar-refractivity contribution in [2.75, 3.05) is 26.2 Å². The quantitative estimate of drug-likeness (QED) is 0.791. The predicted molar refractivity (Wildman–Crippen MR) is 77.7 cm³/mol. The normalized spacial score (nSPS) is 24.2. The van der Waals surface area contributed by atoms with Crippen molar-refractivity contribution in [1.29, 1.82) is 0 Å². The molecule has 1 aromatic carbocycles. The molecular formula is C16H26N2. The van der Waals surface area contributed by atoms with Crippen molar-refractivity contribution in [1.82, 2.24) is 9.80 Å². The third kappa shape index (κ3) is 3.33. The van der Waals surface area contributed by atoms with Crippen LogP contribution in [0, 0.1) is 0 Å². The second-order valence-electron chi connectivity index (χ2n) is 5.05. The van der Waals surface area contributed by atoms with Gasteiger partial charge < -0.3 is 0 Å². The third-order valence-electron chi connectivity index (χ3n) is 3.92. The average molecular weight is 246 g/mol. The molecule has 1 atom stereocenters. The van der Waals surface area contributed by atoms with Crippen molar-refractivity contribution >= 4 is 0 Å². The molecule has 18 heavy (non-hydrogen) atoms. The van der Waals surface area contributed by atoms with Crippen LogP contribution >= 0.6 is 0 Å². The molecule has 0 aromatic heterocycles. The third-order valence-corrected chi connectivity index (χ3v) is 3.92. The standard InChI is InChI=1S/C14H20N2.C2H6/c1-2-5-13(6-3-1)11-15-9-10-16-8-4-7-14(16)12-15;1-2/h1-3,5-6,14H,4,7-12H2;1-2H3/t14-;/m0./s1. The van der Waals surface area contributed by atoms with E-state index >= 15 is 0 Å². The summed E-state index contributed by atoms with van der Waals surface area (Å²) in [5, 5.41) is 0. The minimum absolute atomic E-state index is 0.845. The van der Waals surface area contributed by atoms with Crippen molar-refractivity contribution in [3.8, 4) is 0 Å². The monoisotopic (exact) mass is 246 g/mol. The molecule has 0 N–H and O–H groups in total. The van der Waals surface area contributed by atoms with Crippen LogP contribution in [-0.2, 0) is 6.54 Å². The smallest absolute Gasteiger partial charge is 0.0234 e. The molecule has 2 heteroatoms. The lowest BCUT2D eigenvalue weighted by molar-refractivity contribution is 0.0994. The van der Waals surface area contributed by atoms with Crippen molar-refractivity contribution in [3.63, 3.8) is 0 Å². The van der Waals surface area contributed by atoms with Gasteiger partial charge in [0.25, 0.3) is 0 Å². The average Bonchev–Trinajstić information content (AvgIpc) is 2.90. The van der Waals surface area contributed by atoms with Gasteiger partial charge in [0.05, 0.1) is 0 Å². The highest BCUT2D eigenvalue weighted by Crippen LogP contribution is 2.22. The minimum atomic E-state index is 0.845. The molecule has 2 saturated heterocycles. The van der Waals surface area contributed by atoms with Crippen LogP contribution in [0.4, 0.5) is 0 Å². The van der Waals surface area contributed by atoms with E-state index in [1.165, 1.54) is 44.6 Å². The highest BCUT2D eigenvalue weighted by atomic mass is 15.3. The Morgan fingerprint density at radius 2 is 1.83 bits per heavy atom. The van der Waals surface area contributed by atoms with Crippen LogP contribution in [0.2, 0.25) is 0 Å². The Hall–Kier alpha value is -0.860. The van der Waals surface area contributed by atoms with Gasteiger partial charge in [-0.1, -0.05) is 44.2 Å². The zero-order valence-electron chi connectivity index (χ0n) is 11.8. The molecule has 0 aliphatic carbocycles. The molecule has 100 valence electrons. The number of fused-ring (bicyclic) bond motifs is 1. The first-order chi connectivity index (χ1) is 8.92. The van der Waals surface area contributed by atoms with E-state index in [1.54, 1.807) is 0 Å². The van der Waals surface area contributed by atoms with E-state index in [4.69, 9.17) is 0 Å². The lowest BCUT2D eigenvalue weighted by atomic mass is 10.1. The molecule has 3 rings (SSSR count). The second kappa shape index (κ2) is 6.91. The van der Waals surface area contributed by atoms with E-state index in [0.29, 0.717) is 0 Å². The molecule has 0 radical (unpaired) electrons. The van der Waals surface area contributed by atoms with Gasteiger partial charge in [0.1, 0.15) is 0 Å². The first-order valence-corrected chi connectivity index (χ1v) is 7.42. The maximum absolute atomic E-state index is 2.67. The van der Waals surface area contributed by atoms with E-state index in [0.717, 1.165) is 12.6 Å². The van der Waals surface area contributed by atoms with Crippen molar-refractivity contribution < 1.29 is 0 Å². The van der Waals surface area contributed by atoms with Crippen molar-refractivity contribution in [2.45, 2.75) is 39.3 Å². The summed E-state index contributed by atoms with van der Waals surface area (Å²) in [5.41, 5.74) is 1.45. The Kier molecular flexibility index (Phi) is 5.21. The molecular weight excluding hydrogens is 220 g/mol. The summed E-state index contributed by atoms with van der Waals surface area (Å²) < 4.78 is 0. The fourth-order valence-electron chi connectivity index (χ4n) is 3.04. The Morgan fingerprint density at radius 3 is 2.61 bits per heavy atom. The van der Waals surface area contributed by atoms with Gasteiger partial charge in [0.15, 0.2) is 0 Å². The molecule has 0 unspecified atom stereocenters. The summed E-state index contributed by atoms with van der Waals surface area (Å²) in [5.74, 6) is 0. The number of hydrogen-bond donors (Lipinski definition) is 0. The highest BCUT2D eigenvalue weighted by molar-refractivity contribution is 5.14. The maximum Gasteiger partial charge on any atom is 0.0234 e. The van der Waals surface area contributed by atoms with Crippen LogP contribution in [0.15, 0.2) is 30.3 Å². The topological polar surface area (TPSA) is 6.48 Å². The highest BCUT2D eigenvalue weighted by Gasteiger charge is 2.30. The fraction of sp³-hybridized carbons (Fsp3) is 0.625. The van der Waals surface area contributed by atoms with E-state index in [9.17, 15) is 0 Å². The van der Waals surface area contributed by atoms with Gasteiger partial charge in [0, 0.05) is 32.2 Å². The Morgan fingerprint density at radius 1 is 1.06 bits per heavy atom. The summed E-state index contributed by atoms with van der Waals surface area (Å²) >= 11 is 0. The summed E-state index contributed by atoms with van der Waals surface area (Å²) in [6.45, 7) is 10.3. The predicted octanol–water partition coefficient (Wildman–Crippen LogP) is 2.99. The lowest BCUT2D eigenvalue weighted by Crippen LogP contribution is -2.49. The first-order valence-electron chi connectivity index (χ1n) is 7.42. The minimum Gasteiger partial charge on any atom is -0.298 e. The van der Waals surface area contributed by atoms with Gasteiger partial charge in [-0.2, -0.15) is 0 Å². The molecule has 0 saturated carbocycles. The SMILES string of the molecule is CC.c1ccc(CN2CCN3CCC[C@H]3C2)cc1. The lowest BCUT2D eigenvalue weighted by Gasteiger charge is -2.37. The van der Waals surface area contributed by atoms with E-state index < -0.39 is 0 Å². The van der Waals surface area contributed by atoms with Gasteiger partial charge in [-0.15, -0.1) is 0 Å². The van der Waals surface area contributed by atoms with Crippen LogP contribution < -0.4 is 0 Å². The van der Waals surface area contributed by atoms with Gasteiger partial charge in [-0.25, -0.2) is 0 Å². The molecule has 2 aliphatic rings. The van der Waals surface area contributed by atoms with Crippen LogP contribution in [0.1, 0.15) is 32.3 Å². The van der Waals surface area contributed by atoms with E-state index in [-0.39, 0.29) is 0 Å². The van der Waals surface area contributed by atoms with Crippen LogP contribution in [0.5, 0.6) is 0 Å². The molecule has 0 amide bonds. The number of piperazine rings is 1. The largest absolute Gasteiger partial charge is 0.298 e. The van der Waals surface area contributed by atoms with Gasteiger partial charge >= 0.3 is 0 Å². The first kappa shape index (κ1) is 13.6. The molecule has 2 nitrogen and oxygen atoms in total. The fourth-order valence-corrected chi connectivity index (χ4v) is 3.04. The number of hydrogen-bond acceptors (Lipinski definition) is 2. The van der Waals surface area contributed by atoms with E-state index in [2.05, 4.69) is 40.1 Å². The second-order valence-corrected chi connectivity index (χ2v) is 5.05. The summed E-state index contributed by atoms with van der Waals surface area (Å²) in [7, 11) is 0. The van der Waals surface area contributed by atoms with Gasteiger partial charge in [0.2, 0.25) is 0 Å². The Balaban J connectivity index is 0.000000574. The molecule has 0 bridgehead atoms. The summed E-state index contributed by atoms with van der Waals surface area (Å²) in [6.07, 6.45) is 2.81. The summed E-state index contributed by atoms with van der Waals surface area (Å²) in [6, 6.07) is 11.7. The van der Waals surface area contributed by atoms with Gasteiger partial charge in [-0.3, -0.25) is 9.80 Å². The van der Waals surface area contributed by atoms with E-state index in [1.807, 2.05) is 13.8 Å². The zero-order chi connectivity index (χ0) is 12.8. The molecule has 1 aromatic rings. The van der Waals surface area contributed by atoms with Crippen LogP contribution in [0.25, 0.3) is 0 Å². The molecule has 0 spiro atoms. The summed E-state index contributed by atoms with van der Waals surface area (Å²) in [4.78, 5) is 5.28. The molecule has 2 heterocycles. The van der Waals surface area contributed by atoms with Crippen LogP contribution in [-0.4, -0.2) is 42.0 Å². The number of rotatable bonds is 2. The van der Waals surface area contributed by atoms with Crippen molar-refractivity contribution in [2.24, 2.45) is 0 Å². The van der Waals surface area contributed by atoms with Gasteiger partial charge in [-0.05, 0) is 24.9 Å². The number of nitrogens with zero attached hydrogens (tertiary/aromatic N) is 2. The Bertz CT molecular complexity index is 336. The molecule has 2 fully saturated rings. The number of benzene rings is 1. The zero-order valence-corrected chi connectivity index (χ0v) is 11.8. The van der Waals surface area contributed by atoms with Crippen LogP contribution in [0.3, 0.4) is 0 Å². The Labute approximate surface area is 112 Å². The maximum atomic E-state index is 2.67. The van der Waals surface area contributed by atoms with Crippen molar-refractivity contribution in [3.05, 3.63) is 35.9 Å².